The van der Waals surface area contributed by atoms with Crippen molar-refractivity contribution in [3.8, 4) is 11.8 Å². The molecule has 1 rings (SSSR count). The van der Waals surface area contributed by atoms with Gasteiger partial charge in [0.2, 0.25) is 0 Å². The molecule has 3 heteroatoms. The van der Waals surface area contributed by atoms with Crippen molar-refractivity contribution in [3.05, 3.63) is 29.3 Å². The lowest BCUT2D eigenvalue weighted by atomic mass is 10.0. The number of rotatable bonds is 1. The standard InChI is InChI=1S/C9H10N2O/c1-6(11)8-4-2-3-7(5-10)9(8)12/h2-4,6,12H,11H2,1H3/t6-/m1/s1. The fourth-order valence-electron chi connectivity index (χ4n) is 1.02. The third-order valence-electron chi connectivity index (χ3n) is 1.68. The maximum Gasteiger partial charge on any atom is 0.138 e. The highest BCUT2D eigenvalue weighted by Gasteiger charge is 2.08. The number of benzene rings is 1. The van der Waals surface area contributed by atoms with Crippen LogP contribution in [0.1, 0.15) is 24.1 Å². The van der Waals surface area contributed by atoms with E-state index in [4.69, 9.17) is 11.0 Å². The van der Waals surface area contributed by atoms with Crippen LogP contribution in [0, 0.1) is 11.3 Å². The van der Waals surface area contributed by atoms with Gasteiger partial charge in [0.1, 0.15) is 11.8 Å². The van der Waals surface area contributed by atoms with Crippen LogP contribution in [0.2, 0.25) is 0 Å². The molecule has 0 unspecified atom stereocenters. The van der Waals surface area contributed by atoms with Gasteiger partial charge in [-0.3, -0.25) is 0 Å². The highest BCUT2D eigenvalue weighted by Crippen LogP contribution is 2.25. The van der Waals surface area contributed by atoms with Crippen LogP contribution in [-0.2, 0) is 0 Å². The van der Waals surface area contributed by atoms with E-state index in [1.165, 1.54) is 0 Å². The topological polar surface area (TPSA) is 70.0 Å². The Balaban J connectivity index is 3.25. The highest BCUT2D eigenvalue weighted by atomic mass is 16.3. The molecule has 3 nitrogen and oxygen atoms in total. The van der Waals surface area contributed by atoms with Gasteiger partial charge in [0.15, 0.2) is 0 Å². The molecule has 0 aliphatic carbocycles. The summed E-state index contributed by atoms with van der Waals surface area (Å²) >= 11 is 0. The van der Waals surface area contributed by atoms with Crippen LogP contribution in [-0.4, -0.2) is 5.11 Å². The van der Waals surface area contributed by atoms with Crippen LogP contribution in [0.3, 0.4) is 0 Å². The van der Waals surface area contributed by atoms with Gasteiger partial charge in [-0.05, 0) is 13.0 Å². The molecular weight excluding hydrogens is 152 g/mol. The lowest BCUT2D eigenvalue weighted by Gasteiger charge is -2.08. The molecule has 1 aromatic rings. The molecule has 0 aliphatic heterocycles. The number of hydrogen-bond donors (Lipinski definition) is 2. The van der Waals surface area contributed by atoms with Gasteiger partial charge in [-0.15, -0.1) is 0 Å². The molecule has 12 heavy (non-hydrogen) atoms. The molecule has 0 amide bonds. The molecule has 62 valence electrons. The van der Waals surface area contributed by atoms with Crippen LogP contribution in [0.25, 0.3) is 0 Å². The second kappa shape index (κ2) is 3.24. The smallest absolute Gasteiger partial charge is 0.138 e. The van der Waals surface area contributed by atoms with Gasteiger partial charge in [-0.2, -0.15) is 5.26 Å². The van der Waals surface area contributed by atoms with E-state index in [0.29, 0.717) is 5.56 Å². The van der Waals surface area contributed by atoms with Gasteiger partial charge in [-0.1, -0.05) is 12.1 Å². The van der Waals surface area contributed by atoms with Gasteiger partial charge in [-0.25, -0.2) is 0 Å². The maximum atomic E-state index is 9.46. The van der Waals surface area contributed by atoms with E-state index in [0.717, 1.165) is 0 Å². The van der Waals surface area contributed by atoms with E-state index in [-0.39, 0.29) is 17.4 Å². The minimum atomic E-state index is -0.252. The van der Waals surface area contributed by atoms with Crippen molar-refractivity contribution >= 4 is 0 Å². The monoisotopic (exact) mass is 162 g/mol. The number of phenols is 1. The summed E-state index contributed by atoms with van der Waals surface area (Å²) in [4.78, 5) is 0. The lowest BCUT2D eigenvalue weighted by molar-refractivity contribution is 0.462. The first kappa shape index (κ1) is 8.57. The Hall–Kier alpha value is -1.53. The highest BCUT2D eigenvalue weighted by molar-refractivity contribution is 5.48. The van der Waals surface area contributed by atoms with Crippen LogP contribution in [0.4, 0.5) is 0 Å². The molecule has 0 spiro atoms. The van der Waals surface area contributed by atoms with Gasteiger partial charge < -0.3 is 10.8 Å². The molecule has 1 aromatic carbocycles. The van der Waals surface area contributed by atoms with Crippen LogP contribution in [0.5, 0.6) is 5.75 Å². The van der Waals surface area contributed by atoms with Gasteiger partial charge in [0.25, 0.3) is 0 Å². The van der Waals surface area contributed by atoms with E-state index >= 15 is 0 Å². The normalized spacial score (nSPS) is 12.1. The number of phenolic OH excluding ortho intramolecular Hbond substituents is 1. The summed E-state index contributed by atoms with van der Waals surface area (Å²) in [6.45, 7) is 1.76. The fourth-order valence-corrected chi connectivity index (χ4v) is 1.02. The van der Waals surface area contributed by atoms with E-state index in [2.05, 4.69) is 0 Å². The molecule has 0 saturated heterocycles. The van der Waals surface area contributed by atoms with Crippen LogP contribution < -0.4 is 5.73 Å². The summed E-state index contributed by atoms with van der Waals surface area (Å²) in [5.74, 6) is -0.00463. The van der Waals surface area contributed by atoms with Crippen molar-refractivity contribution in [1.82, 2.24) is 0 Å². The zero-order valence-electron chi connectivity index (χ0n) is 6.78. The zero-order chi connectivity index (χ0) is 9.14. The van der Waals surface area contributed by atoms with Gasteiger partial charge in [0, 0.05) is 11.6 Å². The van der Waals surface area contributed by atoms with E-state index in [9.17, 15) is 5.11 Å². The van der Waals surface area contributed by atoms with Crippen molar-refractivity contribution in [1.29, 1.82) is 5.26 Å². The Morgan fingerprint density at radius 1 is 1.58 bits per heavy atom. The molecule has 0 saturated carbocycles. The number of nitrogens with two attached hydrogens (primary N) is 1. The number of nitrogens with zero attached hydrogens (tertiary/aromatic N) is 1. The number of aromatic hydroxyl groups is 1. The second-order valence-corrected chi connectivity index (χ2v) is 2.64. The van der Waals surface area contributed by atoms with Crippen molar-refractivity contribution in [2.75, 3.05) is 0 Å². The first-order chi connectivity index (χ1) is 5.66. The predicted octanol–water partition coefficient (Wildman–Crippen LogP) is 1.28. The van der Waals surface area contributed by atoms with Crippen LogP contribution in [0.15, 0.2) is 18.2 Å². The zero-order valence-corrected chi connectivity index (χ0v) is 6.78. The first-order valence-corrected chi connectivity index (χ1v) is 3.64. The molecule has 0 aliphatic rings. The Labute approximate surface area is 71.1 Å². The molecule has 0 radical (unpaired) electrons. The summed E-state index contributed by atoms with van der Waals surface area (Å²) in [7, 11) is 0. The van der Waals surface area contributed by atoms with Crippen molar-refractivity contribution in [2.24, 2.45) is 5.73 Å². The third kappa shape index (κ3) is 1.39. The quantitative estimate of drug-likeness (QED) is 0.653. The lowest BCUT2D eigenvalue weighted by Crippen LogP contribution is -2.05. The Morgan fingerprint density at radius 3 is 2.75 bits per heavy atom. The van der Waals surface area contributed by atoms with Gasteiger partial charge in [0.05, 0.1) is 5.56 Å². The summed E-state index contributed by atoms with van der Waals surface area (Å²) in [6.07, 6.45) is 0. The van der Waals surface area contributed by atoms with E-state index < -0.39 is 0 Å². The number of para-hydroxylation sites is 1. The molecule has 0 bridgehead atoms. The Kier molecular flexibility index (Phi) is 2.32. The fraction of sp³-hybridized carbons (Fsp3) is 0.222. The summed E-state index contributed by atoms with van der Waals surface area (Å²) in [5, 5.41) is 18.0. The van der Waals surface area contributed by atoms with Crippen molar-refractivity contribution < 1.29 is 5.11 Å². The minimum absolute atomic E-state index is 0.00463. The average Bonchev–Trinajstić information content (AvgIpc) is 2.04. The molecular formula is C9H10N2O. The van der Waals surface area contributed by atoms with Crippen molar-refractivity contribution in [2.45, 2.75) is 13.0 Å². The third-order valence-corrected chi connectivity index (χ3v) is 1.68. The van der Waals surface area contributed by atoms with E-state index in [1.807, 2.05) is 6.07 Å². The molecule has 0 heterocycles. The Bertz CT molecular complexity index is 326. The number of hydrogen-bond acceptors (Lipinski definition) is 3. The SMILES string of the molecule is C[C@@H](N)c1cccc(C#N)c1O. The van der Waals surface area contributed by atoms with Gasteiger partial charge >= 0.3 is 0 Å². The molecule has 3 N–H and O–H groups in total. The Morgan fingerprint density at radius 2 is 2.25 bits per heavy atom. The minimum Gasteiger partial charge on any atom is -0.506 e. The van der Waals surface area contributed by atoms with E-state index in [1.54, 1.807) is 25.1 Å². The number of nitriles is 1. The molecule has 1 atom stereocenters. The largest absolute Gasteiger partial charge is 0.506 e. The van der Waals surface area contributed by atoms with Crippen LogP contribution >= 0.6 is 0 Å². The average molecular weight is 162 g/mol. The van der Waals surface area contributed by atoms with Crippen molar-refractivity contribution in [3.63, 3.8) is 0 Å². The maximum absolute atomic E-state index is 9.46. The second-order valence-electron chi connectivity index (χ2n) is 2.64. The predicted molar refractivity (Wildman–Crippen MR) is 45.4 cm³/mol. The molecule has 0 aromatic heterocycles. The summed E-state index contributed by atoms with van der Waals surface area (Å²) in [6, 6.07) is 6.60. The summed E-state index contributed by atoms with van der Waals surface area (Å²) < 4.78 is 0. The molecule has 0 fully saturated rings. The summed E-state index contributed by atoms with van der Waals surface area (Å²) in [5.41, 5.74) is 6.44. The first-order valence-electron chi connectivity index (χ1n) is 3.64.